The molecule has 2 N–H and O–H groups in total. The highest BCUT2D eigenvalue weighted by atomic mass is 35.5. The van der Waals surface area contributed by atoms with Gasteiger partial charge in [-0.1, -0.05) is 54.2 Å². The Bertz CT molecular complexity index is 1660. The molecule has 1 saturated carbocycles. The number of fused-ring (bicyclic) bond motifs is 1. The third kappa shape index (κ3) is 7.24. The van der Waals surface area contributed by atoms with Crippen LogP contribution >= 0.6 is 23.2 Å². The van der Waals surface area contributed by atoms with Gasteiger partial charge in [-0.25, -0.2) is 19.2 Å². The van der Waals surface area contributed by atoms with E-state index in [0.29, 0.717) is 56.5 Å². The summed E-state index contributed by atoms with van der Waals surface area (Å²) >= 11 is 13.1. The van der Waals surface area contributed by atoms with Gasteiger partial charge >= 0.3 is 5.97 Å². The number of esters is 1. The average molecular weight is 689 g/mol. The van der Waals surface area contributed by atoms with Crippen LogP contribution in [0.4, 0.5) is 0 Å². The Balaban J connectivity index is 1.58. The quantitative estimate of drug-likeness (QED) is 0.213. The number of hydrogen-bond donors (Lipinski definition) is 2. The van der Waals surface area contributed by atoms with E-state index in [0.717, 1.165) is 12.8 Å². The normalized spacial score (nSPS) is 21.7. The van der Waals surface area contributed by atoms with Gasteiger partial charge in [0.05, 0.1) is 49.3 Å². The molecule has 1 aliphatic carbocycles. The summed E-state index contributed by atoms with van der Waals surface area (Å²) in [6.45, 7) is -0.0415. The number of hydroxylamine groups is 1. The molecule has 1 fully saturated rings. The highest BCUT2D eigenvalue weighted by Gasteiger charge is 2.49. The zero-order valence-corrected chi connectivity index (χ0v) is 27.9. The molecule has 0 spiro atoms. The number of ether oxygens (including phenoxy) is 2. The number of carbonyl (C=O) groups is 3. The lowest BCUT2D eigenvalue weighted by atomic mass is 9.76. The predicted molar refractivity (Wildman–Crippen MR) is 175 cm³/mol. The van der Waals surface area contributed by atoms with Crippen LogP contribution in [0.1, 0.15) is 75.0 Å². The van der Waals surface area contributed by atoms with Crippen molar-refractivity contribution in [2.45, 2.75) is 56.3 Å². The van der Waals surface area contributed by atoms with Crippen molar-refractivity contribution in [3.05, 3.63) is 98.5 Å². The zero-order chi connectivity index (χ0) is 33.0. The number of methoxy groups -OCH3 is 2. The first-order valence-electron chi connectivity index (χ1n) is 14.8. The first-order valence-corrected chi connectivity index (χ1v) is 17.1. The van der Waals surface area contributed by atoms with Crippen LogP contribution in [0.5, 0.6) is 5.75 Å². The maximum Gasteiger partial charge on any atom is 0.337 e. The van der Waals surface area contributed by atoms with E-state index in [9.17, 15) is 18.6 Å². The molecule has 1 aliphatic heterocycles. The summed E-state index contributed by atoms with van der Waals surface area (Å²) in [5.74, 6) is -1.81. The van der Waals surface area contributed by atoms with E-state index >= 15 is 0 Å². The monoisotopic (exact) mass is 687 g/mol. The fourth-order valence-electron chi connectivity index (χ4n) is 6.38. The van der Waals surface area contributed by atoms with Crippen LogP contribution in [0.3, 0.4) is 0 Å². The van der Waals surface area contributed by atoms with Crippen LogP contribution in [0.25, 0.3) is 0 Å². The average Bonchev–Trinajstić information content (AvgIpc) is 3.04. The summed E-state index contributed by atoms with van der Waals surface area (Å²) < 4.78 is 25.8. The smallest absolute Gasteiger partial charge is 0.337 e. The molecule has 0 aromatic heterocycles. The van der Waals surface area contributed by atoms with E-state index in [1.165, 1.54) is 14.2 Å². The van der Waals surface area contributed by atoms with Crippen LogP contribution in [-0.2, 0) is 32.0 Å². The third-order valence-corrected chi connectivity index (χ3v) is 9.60. The van der Waals surface area contributed by atoms with Gasteiger partial charge in [0.15, 0.2) is 0 Å². The van der Waals surface area contributed by atoms with Gasteiger partial charge in [-0.2, -0.15) is 0 Å². The summed E-state index contributed by atoms with van der Waals surface area (Å²) in [5.41, 5.74) is 4.88. The minimum Gasteiger partial charge on any atom is -0.497 e. The number of benzene rings is 3. The van der Waals surface area contributed by atoms with Crippen LogP contribution in [0, 0.1) is 0 Å². The molecule has 5 rings (SSSR count). The Kier molecular flexibility index (Phi) is 11.0. The molecule has 1 heterocycles. The maximum atomic E-state index is 14.5. The lowest BCUT2D eigenvalue weighted by Crippen LogP contribution is -2.58. The van der Waals surface area contributed by atoms with Crippen LogP contribution < -0.4 is 14.9 Å². The van der Waals surface area contributed by atoms with Crippen molar-refractivity contribution < 1.29 is 32.9 Å². The highest BCUT2D eigenvalue weighted by molar-refractivity contribution is 7.82. The Morgan fingerprint density at radius 2 is 1.78 bits per heavy atom. The first kappa shape index (κ1) is 33.9. The number of nitrogens with one attached hydrogen (secondary N) is 2. The lowest BCUT2D eigenvalue weighted by molar-refractivity contribution is -0.138. The number of hydrogen-bond acceptors (Lipinski definition) is 7. The van der Waals surface area contributed by atoms with E-state index < -0.39 is 40.9 Å². The second-order valence-corrected chi connectivity index (χ2v) is 13.2. The standard InChI is InChI=1S/C33H35Cl2N3O7S/c1-43-22-12-14-23-25(17-22)29(31(39)36-45-18-19-7-6-8-20(15-19)33(41)44-2)30(24-13-11-21(34)16-26(24)35)38(32(23)40)28-10-5-4-9-27(28)37-46(3)42/h6-8,11-17,27-30,37H,4-5,9-10,18H2,1-3H3,(H,36,39)/t27-,28?,29+,30-,46?/m0/s1. The molecule has 10 nitrogen and oxygen atoms in total. The Morgan fingerprint density at radius 3 is 2.50 bits per heavy atom. The Hall–Kier alpha value is -3.48. The molecule has 244 valence electrons. The predicted octanol–water partition coefficient (Wildman–Crippen LogP) is 5.51. The number of amides is 2. The van der Waals surface area contributed by atoms with E-state index in [4.69, 9.17) is 37.5 Å². The molecule has 0 bridgehead atoms. The molecular weight excluding hydrogens is 653 g/mol. The van der Waals surface area contributed by atoms with E-state index in [1.807, 2.05) is 0 Å². The molecule has 3 aromatic rings. The van der Waals surface area contributed by atoms with Crippen LogP contribution in [0.2, 0.25) is 10.0 Å². The fraction of sp³-hybridized carbons (Fsp3) is 0.364. The molecule has 5 atom stereocenters. The number of nitrogens with zero attached hydrogens (tertiary/aromatic N) is 1. The molecule has 2 unspecified atom stereocenters. The number of carbonyl (C=O) groups excluding carboxylic acids is 3. The molecule has 2 amide bonds. The van der Waals surface area contributed by atoms with Crippen molar-refractivity contribution in [1.29, 1.82) is 0 Å². The molecule has 46 heavy (non-hydrogen) atoms. The summed E-state index contributed by atoms with van der Waals surface area (Å²) in [7, 11) is 1.47. The second-order valence-electron chi connectivity index (χ2n) is 11.2. The fourth-order valence-corrected chi connectivity index (χ4v) is 7.60. The minimum atomic E-state index is -1.33. The molecule has 3 aromatic carbocycles. The van der Waals surface area contributed by atoms with Crippen molar-refractivity contribution >= 4 is 52.0 Å². The van der Waals surface area contributed by atoms with Gasteiger partial charge in [-0.05, 0) is 72.0 Å². The first-order chi connectivity index (χ1) is 22.1. The Labute approximate surface area is 280 Å². The van der Waals surface area contributed by atoms with Crippen LogP contribution in [0.15, 0.2) is 60.7 Å². The van der Waals surface area contributed by atoms with Gasteiger partial charge in [-0.15, -0.1) is 0 Å². The van der Waals surface area contributed by atoms with Gasteiger partial charge in [0.2, 0.25) is 0 Å². The van der Waals surface area contributed by atoms with Crippen LogP contribution in [-0.4, -0.2) is 59.5 Å². The largest absolute Gasteiger partial charge is 0.497 e. The summed E-state index contributed by atoms with van der Waals surface area (Å²) in [4.78, 5) is 48.2. The molecular formula is C33H35Cl2N3O7S. The van der Waals surface area contributed by atoms with Gasteiger partial charge in [0.1, 0.15) is 5.75 Å². The summed E-state index contributed by atoms with van der Waals surface area (Å²) in [6, 6.07) is 15.1. The third-order valence-electron chi connectivity index (χ3n) is 8.40. The molecule has 2 aliphatic rings. The maximum absolute atomic E-state index is 14.5. The van der Waals surface area contributed by atoms with Gasteiger partial charge < -0.3 is 14.4 Å². The number of halogens is 2. The van der Waals surface area contributed by atoms with Crippen molar-refractivity contribution in [2.75, 3.05) is 20.5 Å². The lowest BCUT2D eigenvalue weighted by Gasteiger charge is -2.49. The van der Waals surface area contributed by atoms with Gasteiger partial charge in [-0.3, -0.25) is 14.4 Å². The summed E-state index contributed by atoms with van der Waals surface area (Å²) in [5, 5.41) is 0.695. The zero-order valence-electron chi connectivity index (χ0n) is 25.6. The molecule has 13 heteroatoms. The van der Waals surface area contributed by atoms with Crippen molar-refractivity contribution in [3.8, 4) is 5.75 Å². The minimum absolute atomic E-state index is 0.0415. The van der Waals surface area contributed by atoms with Crippen molar-refractivity contribution in [1.82, 2.24) is 15.1 Å². The second kappa shape index (κ2) is 15.0. The SMILES string of the molecule is COC(=O)c1cccc(CONC(=O)[C@@H]2c3cc(OC)ccc3C(=O)N(C3CCCC[C@@H]3NS(C)=O)[C@H]2c2ccc(Cl)cc2Cl)c1. The van der Waals surface area contributed by atoms with Crippen molar-refractivity contribution in [3.63, 3.8) is 0 Å². The van der Waals surface area contributed by atoms with Gasteiger partial charge in [0.25, 0.3) is 11.8 Å². The molecule has 0 radical (unpaired) electrons. The molecule has 0 saturated heterocycles. The Morgan fingerprint density at radius 1 is 1.00 bits per heavy atom. The van der Waals surface area contributed by atoms with E-state index in [1.54, 1.807) is 71.8 Å². The van der Waals surface area contributed by atoms with E-state index in [2.05, 4.69) is 10.2 Å². The topological polar surface area (TPSA) is 123 Å². The van der Waals surface area contributed by atoms with Crippen molar-refractivity contribution in [2.24, 2.45) is 0 Å². The number of rotatable bonds is 10. The highest BCUT2D eigenvalue weighted by Crippen LogP contribution is 2.48. The van der Waals surface area contributed by atoms with E-state index in [-0.39, 0.29) is 18.6 Å². The summed E-state index contributed by atoms with van der Waals surface area (Å²) in [6.07, 6.45) is 4.66. The van der Waals surface area contributed by atoms with Gasteiger partial charge in [0, 0.05) is 33.9 Å².